The summed E-state index contributed by atoms with van der Waals surface area (Å²) in [5.41, 5.74) is 0.895. The Morgan fingerprint density at radius 3 is 2.75 bits per heavy atom. The summed E-state index contributed by atoms with van der Waals surface area (Å²) >= 11 is 5.71. The van der Waals surface area contributed by atoms with Crippen LogP contribution in [0.4, 0.5) is 0 Å². The van der Waals surface area contributed by atoms with Gasteiger partial charge in [-0.3, -0.25) is 9.67 Å². The van der Waals surface area contributed by atoms with E-state index in [1.54, 1.807) is 16.9 Å². The highest BCUT2D eigenvalue weighted by molar-refractivity contribution is 6.30. The number of aromatic nitrogens is 3. The molecule has 0 fully saturated rings. The van der Waals surface area contributed by atoms with Crippen LogP contribution < -0.4 is 0 Å². The van der Waals surface area contributed by atoms with Crippen molar-refractivity contribution in [2.45, 2.75) is 6.54 Å². The van der Waals surface area contributed by atoms with Gasteiger partial charge in [0.25, 0.3) is 0 Å². The predicted molar refractivity (Wildman–Crippen MR) is 57.5 cm³/mol. The average molecular weight is 238 g/mol. The first-order valence-corrected chi connectivity index (χ1v) is 4.89. The van der Waals surface area contributed by atoms with Gasteiger partial charge >= 0.3 is 5.97 Å². The van der Waals surface area contributed by atoms with Gasteiger partial charge < -0.3 is 5.11 Å². The zero-order valence-corrected chi connectivity index (χ0v) is 8.92. The lowest BCUT2D eigenvalue weighted by Crippen LogP contribution is -2.04. The van der Waals surface area contributed by atoms with E-state index < -0.39 is 5.97 Å². The Balaban J connectivity index is 2.14. The van der Waals surface area contributed by atoms with E-state index in [0.717, 1.165) is 5.69 Å². The number of pyridine rings is 1. The van der Waals surface area contributed by atoms with E-state index in [1.807, 2.05) is 0 Å². The molecular formula is C10H8ClN3O2. The van der Waals surface area contributed by atoms with Crippen LogP contribution in [-0.4, -0.2) is 25.8 Å². The molecule has 0 unspecified atom stereocenters. The number of carboxylic acids is 1. The Hall–Kier alpha value is -1.88. The van der Waals surface area contributed by atoms with Crippen LogP contribution in [0.5, 0.6) is 0 Å². The van der Waals surface area contributed by atoms with Crippen molar-refractivity contribution in [3.8, 4) is 0 Å². The van der Waals surface area contributed by atoms with Gasteiger partial charge in [-0.1, -0.05) is 11.6 Å². The first kappa shape index (κ1) is 10.6. The molecular weight excluding hydrogens is 230 g/mol. The minimum atomic E-state index is -0.985. The van der Waals surface area contributed by atoms with E-state index in [1.165, 1.54) is 18.5 Å². The third-order valence-corrected chi connectivity index (χ3v) is 2.19. The number of nitrogens with zero attached hydrogens (tertiary/aromatic N) is 3. The molecule has 0 aromatic carbocycles. The topological polar surface area (TPSA) is 68.0 Å². The highest BCUT2D eigenvalue weighted by Crippen LogP contribution is 2.07. The molecule has 2 rings (SSSR count). The second-order valence-electron chi connectivity index (χ2n) is 3.20. The van der Waals surface area contributed by atoms with Crippen molar-refractivity contribution in [3.05, 3.63) is 47.0 Å². The second kappa shape index (κ2) is 4.32. The molecule has 16 heavy (non-hydrogen) atoms. The Kier molecular flexibility index (Phi) is 2.87. The third-order valence-electron chi connectivity index (χ3n) is 2.00. The van der Waals surface area contributed by atoms with E-state index in [9.17, 15) is 4.79 Å². The van der Waals surface area contributed by atoms with Crippen LogP contribution in [0.25, 0.3) is 0 Å². The van der Waals surface area contributed by atoms with Crippen LogP contribution in [0.3, 0.4) is 0 Å². The molecule has 0 saturated carbocycles. The van der Waals surface area contributed by atoms with Gasteiger partial charge in [-0.15, -0.1) is 0 Å². The van der Waals surface area contributed by atoms with Gasteiger partial charge in [0.1, 0.15) is 0 Å². The molecule has 0 bridgehead atoms. The van der Waals surface area contributed by atoms with Crippen LogP contribution in [0.1, 0.15) is 16.1 Å². The smallest absolute Gasteiger partial charge is 0.337 e. The van der Waals surface area contributed by atoms with Crippen molar-refractivity contribution < 1.29 is 9.90 Å². The molecule has 0 amide bonds. The Morgan fingerprint density at radius 2 is 2.25 bits per heavy atom. The largest absolute Gasteiger partial charge is 0.478 e. The van der Waals surface area contributed by atoms with Crippen molar-refractivity contribution in [2.75, 3.05) is 0 Å². The maximum absolute atomic E-state index is 10.6. The molecule has 0 aliphatic rings. The molecule has 82 valence electrons. The summed E-state index contributed by atoms with van der Waals surface area (Å²) in [6.07, 6.45) is 4.53. The minimum Gasteiger partial charge on any atom is -0.478 e. The van der Waals surface area contributed by atoms with Crippen LogP contribution in [-0.2, 0) is 6.54 Å². The molecule has 5 nitrogen and oxygen atoms in total. The summed E-state index contributed by atoms with van der Waals surface area (Å²) in [6, 6.07) is 3.16. The highest BCUT2D eigenvalue weighted by Gasteiger charge is 2.03. The van der Waals surface area contributed by atoms with E-state index in [2.05, 4.69) is 10.1 Å². The number of aromatic carboxylic acids is 1. The van der Waals surface area contributed by atoms with Gasteiger partial charge in [-0.2, -0.15) is 5.10 Å². The fourth-order valence-corrected chi connectivity index (χ4v) is 1.39. The van der Waals surface area contributed by atoms with E-state index in [4.69, 9.17) is 16.7 Å². The lowest BCUT2D eigenvalue weighted by Gasteiger charge is -2.01. The predicted octanol–water partition coefficient (Wildman–Crippen LogP) is 1.68. The Bertz CT molecular complexity index is 507. The maximum Gasteiger partial charge on any atom is 0.337 e. The Labute approximate surface area is 96.3 Å². The molecule has 2 aromatic rings. The minimum absolute atomic E-state index is 0.169. The van der Waals surface area contributed by atoms with Crippen molar-refractivity contribution in [1.82, 2.24) is 14.8 Å². The van der Waals surface area contributed by atoms with E-state index >= 15 is 0 Å². The summed E-state index contributed by atoms with van der Waals surface area (Å²) in [5.74, 6) is -0.985. The van der Waals surface area contributed by atoms with Crippen molar-refractivity contribution in [3.63, 3.8) is 0 Å². The molecule has 2 heterocycles. The van der Waals surface area contributed by atoms with Gasteiger partial charge in [0, 0.05) is 12.4 Å². The number of hydrogen-bond donors (Lipinski definition) is 1. The monoisotopic (exact) mass is 237 g/mol. The van der Waals surface area contributed by atoms with E-state index in [-0.39, 0.29) is 5.56 Å². The quantitative estimate of drug-likeness (QED) is 0.882. The summed E-state index contributed by atoms with van der Waals surface area (Å²) in [7, 11) is 0. The molecule has 0 radical (unpaired) electrons. The van der Waals surface area contributed by atoms with Gasteiger partial charge in [-0.05, 0) is 12.1 Å². The van der Waals surface area contributed by atoms with Gasteiger partial charge in [0.15, 0.2) is 0 Å². The fourth-order valence-electron chi connectivity index (χ4n) is 1.24. The van der Waals surface area contributed by atoms with Crippen LogP contribution in [0.15, 0.2) is 30.7 Å². The fraction of sp³-hybridized carbons (Fsp3) is 0.100. The summed E-state index contributed by atoms with van der Waals surface area (Å²) < 4.78 is 1.63. The van der Waals surface area contributed by atoms with Crippen molar-refractivity contribution >= 4 is 17.6 Å². The van der Waals surface area contributed by atoms with Crippen LogP contribution >= 0.6 is 11.6 Å². The van der Waals surface area contributed by atoms with Crippen LogP contribution in [0.2, 0.25) is 5.02 Å². The highest BCUT2D eigenvalue weighted by atomic mass is 35.5. The number of rotatable bonds is 3. The zero-order chi connectivity index (χ0) is 11.5. The van der Waals surface area contributed by atoms with Crippen LogP contribution in [0, 0.1) is 0 Å². The SMILES string of the molecule is O=C(O)c1ccc(Cn2cc(Cl)cn2)nc1. The number of carbonyl (C=O) groups is 1. The molecule has 0 aliphatic carbocycles. The maximum atomic E-state index is 10.6. The molecule has 2 aromatic heterocycles. The summed E-state index contributed by atoms with van der Waals surface area (Å²) in [4.78, 5) is 14.6. The van der Waals surface area contributed by atoms with Gasteiger partial charge in [-0.25, -0.2) is 4.79 Å². The molecule has 0 spiro atoms. The second-order valence-corrected chi connectivity index (χ2v) is 3.64. The summed E-state index contributed by atoms with van der Waals surface area (Å²) in [5, 5.41) is 13.2. The number of hydrogen-bond acceptors (Lipinski definition) is 3. The number of carboxylic acid groups (broad SMARTS) is 1. The average Bonchev–Trinajstić information content (AvgIpc) is 2.65. The first-order chi connectivity index (χ1) is 7.65. The molecule has 0 aliphatic heterocycles. The normalized spacial score (nSPS) is 10.3. The standard InChI is InChI=1S/C10H8ClN3O2/c11-8-4-13-14(5-8)6-9-2-1-7(3-12-9)10(15)16/h1-5H,6H2,(H,15,16). The van der Waals surface area contributed by atoms with E-state index in [0.29, 0.717) is 11.6 Å². The molecule has 0 saturated heterocycles. The zero-order valence-electron chi connectivity index (χ0n) is 8.17. The first-order valence-electron chi connectivity index (χ1n) is 4.51. The molecule has 0 atom stereocenters. The summed E-state index contributed by atoms with van der Waals surface area (Å²) in [6.45, 7) is 0.465. The van der Waals surface area contributed by atoms with Gasteiger partial charge in [0.05, 0.1) is 29.0 Å². The third kappa shape index (κ3) is 2.38. The molecule has 1 N–H and O–H groups in total. The molecule has 6 heteroatoms. The lowest BCUT2D eigenvalue weighted by atomic mass is 10.2. The Morgan fingerprint density at radius 1 is 1.44 bits per heavy atom. The lowest BCUT2D eigenvalue weighted by molar-refractivity contribution is 0.0696. The van der Waals surface area contributed by atoms with Crippen molar-refractivity contribution in [2.24, 2.45) is 0 Å². The van der Waals surface area contributed by atoms with Crippen molar-refractivity contribution in [1.29, 1.82) is 0 Å². The number of halogens is 1. The van der Waals surface area contributed by atoms with Gasteiger partial charge in [0.2, 0.25) is 0 Å².